The molecule has 2 nitrogen and oxygen atoms in total. The van der Waals surface area contributed by atoms with Gasteiger partial charge in [0.05, 0.1) is 16.7 Å². The molecule has 0 amide bonds. The van der Waals surface area contributed by atoms with Crippen LogP contribution in [0.5, 0.6) is 0 Å². The fourth-order valence-corrected chi connectivity index (χ4v) is 2.74. The Kier molecular flexibility index (Phi) is 3.49. The second kappa shape index (κ2) is 5.29. The summed E-state index contributed by atoms with van der Waals surface area (Å²) >= 11 is 5.94. The molecule has 0 aliphatic rings. The highest BCUT2D eigenvalue weighted by atomic mass is 35.5. The van der Waals surface area contributed by atoms with Crippen LogP contribution in [0.25, 0.3) is 16.7 Å². The van der Waals surface area contributed by atoms with E-state index >= 15 is 0 Å². The molecule has 1 aromatic heterocycles. The zero-order valence-electron chi connectivity index (χ0n) is 11.7. The number of alkyl halides is 1. The van der Waals surface area contributed by atoms with E-state index in [4.69, 9.17) is 16.6 Å². The Morgan fingerprint density at radius 1 is 1.05 bits per heavy atom. The number of hydrogen-bond acceptors (Lipinski definition) is 1. The summed E-state index contributed by atoms with van der Waals surface area (Å²) in [5.74, 6) is 1.60. The smallest absolute Gasteiger partial charge is 0.115 e. The Morgan fingerprint density at radius 3 is 2.65 bits per heavy atom. The number of halogens is 1. The van der Waals surface area contributed by atoms with Crippen LogP contribution >= 0.6 is 11.6 Å². The van der Waals surface area contributed by atoms with Crippen molar-refractivity contribution in [1.29, 1.82) is 0 Å². The van der Waals surface area contributed by atoms with Gasteiger partial charge in [-0.05, 0) is 43.2 Å². The van der Waals surface area contributed by atoms with Gasteiger partial charge < -0.3 is 0 Å². The number of imidazole rings is 1. The number of nitrogens with zero attached hydrogens (tertiary/aromatic N) is 2. The summed E-state index contributed by atoms with van der Waals surface area (Å²) in [7, 11) is 0. The van der Waals surface area contributed by atoms with E-state index in [0.717, 1.165) is 23.3 Å². The van der Waals surface area contributed by atoms with Crippen LogP contribution < -0.4 is 0 Å². The summed E-state index contributed by atoms with van der Waals surface area (Å²) in [6.45, 7) is 4.29. The highest BCUT2D eigenvalue weighted by Crippen LogP contribution is 2.25. The Morgan fingerprint density at radius 2 is 1.85 bits per heavy atom. The van der Waals surface area contributed by atoms with E-state index in [1.54, 1.807) is 0 Å². The molecule has 0 saturated carbocycles. The molecule has 0 atom stereocenters. The molecule has 0 aliphatic carbocycles. The fraction of sp³-hybridized carbons (Fsp3) is 0.235. The first-order chi connectivity index (χ1) is 9.72. The summed E-state index contributed by atoms with van der Waals surface area (Å²) < 4.78 is 2.24. The number of benzene rings is 2. The highest BCUT2D eigenvalue weighted by molar-refractivity contribution is 6.17. The molecule has 2 aromatic carbocycles. The predicted molar refractivity (Wildman–Crippen MR) is 85.0 cm³/mol. The first kappa shape index (κ1) is 13.2. The van der Waals surface area contributed by atoms with Gasteiger partial charge in [-0.25, -0.2) is 4.98 Å². The van der Waals surface area contributed by atoms with Crippen LogP contribution in [0.3, 0.4) is 0 Å². The van der Waals surface area contributed by atoms with Gasteiger partial charge in [0.25, 0.3) is 0 Å². The Balaban J connectivity index is 2.33. The molecule has 102 valence electrons. The standard InChI is InChI=1S/C17H17ClN2/c1-12-6-5-9-15(13(12)2)20-16-8-4-3-7-14(16)19-17(20)10-11-18/h3-9H,10-11H2,1-2H3. The van der Waals surface area contributed by atoms with Crippen molar-refractivity contribution in [3.05, 3.63) is 59.4 Å². The van der Waals surface area contributed by atoms with Crippen LogP contribution in [0.1, 0.15) is 17.0 Å². The van der Waals surface area contributed by atoms with Crippen molar-refractivity contribution in [3.8, 4) is 5.69 Å². The Bertz CT molecular complexity index is 759. The van der Waals surface area contributed by atoms with Crippen molar-refractivity contribution in [2.75, 3.05) is 5.88 Å². The fourth-order valence-electron chi connectivity index (χ4n) is 2.57. The largest absolute Gasteiger partial charge is 0.296 e. The van der Waals surface area contributed by atoms with Crippen molar-refractivity contribution in [3.63, 3.8) is 0 Å². The Hall–Kier alpha value is -1.80. The molecule has 0 radical (unpaired) electrons. The van der Waals surface area contributed by atoms with E-state index < -0.39 is 0 Å². The topological polar surface area (TPSA) is 17.8 Å². The van der Waals surface area contributed by atoms with Crippen LogP contribution in [0.4, 0.5) is 0 Å². The van der Waals surface area contributed by atoms with Gasteiger partial charge in [0.1, 0.15) is 5.82 Å². The molecule has 0 unspecified atom stereocenters. The summed E-state index contributed by atoms with van der Waals surface area (Å²) in [4.78, 5) is 4.73. The maximum atomic E-state index is 5.94. The second-order valence-electron chi connectivity index (χ2n) is 5.01. The third-order valence-corrected chi connectivity index (χ3v) is 3.95. The monoisotopic (exact) mass is 284 g/mol. The molecule has 0 aliphatic heterocycles. The predicted octanol–water partition coefficient (Wildman–Crippen LogP) is 4.42. The van der Waals surface area contributed by atoms with Gasteiger partial charge in [-0.3, -0.25) is 4.57 Å². The minimum atomic E-state index is 0.578. The van der Waals surface area contributed by atoms with E-state index in [2.05, 4.69) is 54.8 Å². The average molecular weight is 285 g/mol. The third kappa shape index (κ3) is 2.10. The van der Waals surface area contributed by atoms with Gasteiger partial charge >= 0.3 is 0 Å². The van der Waals surface area contributed by atoms with Crippen LogP contribution in [0.2, 0.25) is 0 Å². The third-order valence-electron chi connectivity index (χ3n) is 3.77. The quantitative estimate of drug-likeness (QED) is 0.651. The minimum absolute atomic E-state index is 0.578. The maximum absolute atomic E-state index is 5.94. The van der Waals surface area contributed by atoms with E-state index in [-0.39, 0.29) is 0 Å². The lowest BCUT2D eigenvalue weighted by Gasteiger charge is -2.13. The molecule has 3 heteroatoms. The van der Waals surface area contributed by atoms with Gasteiger partial charge in [0, 0.05) is 12.3 Å². The lowest BCUT2D eigenvalue weighted by atomic mass is 10.1. The number of aromatic nitrogens is 2. The summed E-state index contributed by atoms with van der Waals surface area (Å²) in [6, 6.07) is 14.6. The lowest BCUT2D eigenvalue weighted by molar-refractivity contribution is 0.905. The molecule has 0 fully saturated rings. The minimum Gasteiger partial charge on any atom is -0.296 e. The van der Waals surface area contributed by atoms with Gasteiger partial charge in [-0.2, -0.15) is 0 Å². The Labute approximate surface area is 124 Å². The molecule has 1 heterocycles. The van der Waals surface area contributed by atoms with Crippen LogP contribution in [-0.2, 0) is 6.42 Å². The molecular formula is C17H17ClN2. The molecule has 0 bridgehead atoms. The van der Waals surface area contributed by atoms with Crippen molar-refractivity contribution < 1.29 is 0 Å². The number of aryl methyl sites for hydroxylation is 2. The molecule has 3 aromatic rings. The summed E-state index contributed by atoms with van der Waals surface area (Å²) in [6.07, 6.45) is 0.767. The van der Waals surface area contributed by atoms with Gasteiger partial charge in [-0.15, -0.1) is 11.6 Å². The summed E-state index contributed by atoms with van der Waals surface area (Å²) in [5, 5.41) is 0. The molecular weight excluding hydrogens is 268 g/mol. The molecule has 20 heavy (non-hydrogen) atoms. The second-order valence-corrected chi connectivity index (χ2v) is 5.39. The van der Waals surface area contributed by atoms with Crippen molar-refractivity contribution in [2.24, 2.45) is 0 Å². The number of para-hydroxylation sites is 2. The lowest BCUT2D eigenvalue weighted by Crippen LogP contribution is -2.04. The molecule has 0 saturated heterocycles. The van der Waals surface area contributed by atoms with Gasteiger partial charge in [-0.1, -0.05) is 24.3 Å². The van der Waals surface area contributed by atoms with Crippen molar-refractivity contribution in [1.82, 2.24) is 9.55 Å². The number of fused-ring (bicyclic) bond motifs is 1. The van der Waals surface area contributed by atoms with E-state index in [9.17, 15) is 0 Å². The normalized spacial score (nSPS) is 11.2. The molecule has 0 N–H and O–H groups in total. The van der Waals surface area contributed by atoms with E-state index in [0.29, 0.717) is 5.88 Å². The van der Waals surface area contributed by atoms with E-state index in [1.165, 1.54) is 16.8 Å². The van der Waals surface area contributed by atoms with Gasteiger partial charge in [0.15, 0.2) is 0 Å². The first-order valence-corrected chi connectivity index (χ1v) is 7.34. The van der Waals surface area contributed by atoms with Gasteiger partial charge in [0.2, 0.25) is 0 Å². The van der Waals surface area contributed by atoms with Crippen LogP contribution in [0.15, 0.2) is 42.5 Å². The highest BCUT2D eigenvalue weighted by Gasteiger charge is 2.13. The maximum Gasteiger partial charge on any atom is 0.115 e. The molecule has 3 rings (SSSR count). The first-order valence-electron chi connectivity index (χ1n) is 6.81. The van der Waals surface area contributed by atoms with Crippen molar-refractivity contribution in [2.45, 2.75) is 20.3 Å². The van der Waals surface area contributed by atoms with Crippen LogP contribution in [-0.4, -0.2) is 15.4 Å². The SMILES string of the molecule is Cc1cccc(-n2c(CCCl)nc3ccccc32)c1C. The van der Waals surface area contributed by atoms with Crippen molar-refractivity contribution >= 4 is 22.6 Å². The average Bonchev–Trinajstić information content (AvgIpc) is 2.80. The zero-order valence-corrected chi connectivity index (χ0v) is 12.5. The summed E-state index contributed by atoms with van der Waals surface area (Å²) in [5.41, 5.74) is 5.93. The van der Waals surface area contributed by atoms with Crippen LogP contribution in [0, 0.1) is 13.8 Å². The molecule has 0 spiro atoms. The van der Waals surface area contributed by atoms with E-state index in [1.807, 2.05) is 6.07 Å². The number of rotatable bonds is 3. The zero-order chi connectivity index (χ0) is 14.1. The number of hydrogen-bond donors (Lipinski definition) is 0.